The summed E-state index contributed by atoms with van der Waals surface area (Å²) in [5.41, 5.74) is 3.51. The molecule has 0 spiro atoms. The van der Waals surface area contributed by atoms with Crippen LogP contribution in [0.25, 0.3) is 10.8 Å². The van der Waals surface area contributed by atoms with Crippen molar-refractivity contribution in [1.82, 2.24) is 0 Å². The standard InChI is InChI=1S/C24H29NO/c1-3-5-6-7-12-20-16-17-21(18-24(20)26-4-2)25-23-15-10-13-19-11-8-9-14-22(19)23/h8-11,13-18,25H,3-7,12H2,1-2H3. The molecule has 0 saturated carbocycles. The van der Waals surface area contributed by atoms with Crippen LogP contribution in [-0.4, -0.2) is 6.61 Å². The molecular formula is C24H29NO. The Bertz CT molecular complexity index is 835. The molecule has 26 heavy (non-hydrogen) atoms. The molecule has 0 amide bonds. The average Bonchev–Trinajstić information content (AvgIpc) is 2.67. The predicted octanol–water partition coefficient (Wildman–Crippen LogP) is 7.10. The van der Waals surface area contributed by atoms with Crippen LogP contribution in [0.1, 0.15) is 45.1 Å². The molecule has 0 aliphatic rings. The normalized spacial score (nSPS) is 10.8. The number of fused-ring (bicyclic) bond motifs is 1. The van der Waals surface area contributed by atoms with Gasteiger partial charge in [0.05, 0.1) is 6.61 Å². The second-order valence-corrected chi connectivity index (χ2v) is 6.72. The van der Waals surface area contributed by atoms with E-state index in [9.17, 15) is 0 Å². The second-order valence-electron chi connectivity index (χ2n) is 6.72. The Hall–Kier alpha value is -2.48. The van der Waals surface area contributed by atoms with Gasteiger partial charge in [0.25, 0.3) is 0 Å². The first-order chi connectivity index (χ1) is 12.8. The number of anilines is 2. The van der Waals surface area contributed by atoms with Gasteiger partial charge >= 0.3 is 0 Å². The molecule has 0 aliphatic carbocycles. The van der Waals surface area contributed by atoms with E-state index in [1.807, 2.05) is 6.92 Å². The van der Waals surface area contributed by atoms with E-state index in [0.29, 0.717) is 6.61 Å². The third-order valence-electron chi connectivity index (χ3n) is 4.74. The van der Waals surface area contributed by atoms with Gasteiger partial charge in [-0.15, -0.1) is 0 Å². The van der Waals surface area contributed by atoms with Crippen molar-refractivity contribution in [2.45, 2.75) is 46.0 Å². The fourth-order valence-corrected chi connectivity index (χ4v) is 3.36. The van der Waals surface area contributed by atoms with E-state index in [1.165, 1.54) is 42.0 Å². The number of aryl methyl sites for hydroxylation is 1. The topological polar surface area (TPSA) is 21.3 Å². The van der Waals surface area contributed by atoms with E-state index >= 15 is 0 Å². The van der Waals surface area contributed by atoms with Crippen LogP contribution in [0.3, 0.4) is 0 Å². The van der Waals surface area contributed by atoms with Gasteiger partial charge in [0.2, 0.25) is 0 Å². The monoisotopic (exact) mass is 347 g/mol. The molecule has 0 fully saturated rings. The van der Waals surface area contributed by atoms with E-state index in [1.54, 1.807) is 0 Å². The second kappa shape index (κ2) is 9.28. The third kappa shape index (κ3) is 4.57. The summed E-state index contributed by atoms with van der Waals surface area (Å²) in [6.45, 7) is 4.99. The molecule has 3 aromatic rings. The first kappa shape index (κ1) is 18.3. The Balaban J connectivity index is 1.80. The Labute approximate surface area is 157 Å². The van der Waals surface area contributed by atoms with E-state index in [0.717, 1.165) is 23.5 Å². The SMILES string of the molecule is CCCCCCc1ccc(Nc2cccc3ccccc23)cc1OCC. The van der Waals surface area contributed by atoms with Gasteiger partial charge in [-0.25, -0.2) is 0 Å². The number of nitrogens with one attached hydrogen (secondary N) is 1. The smallest absolute Gasteiger partial charge is 0.124 e. The minimum absolute atomic E-state index is 0.694. The number of rotatable bonds is 9. The first-order valence-electron chi connectivity index (χ1n) is 9.82. The zero-order valence-corrected chi connectivity index (χ0v) is 15.9. The average molecular weight is 348 g/mol. The number of benzene rings is 3. The summed E-state index contributed by atoms with van der Waals surface area (Å²) in [7, 11) is 0. The molecule has 0 heterocycles. The highest BCUT2D eigenvalue weighted by molar-refractivity contribution is 5.95. The van der Waals surface area contributed by atoms with Crippen LogP contribution in [-0.2, 0) is 6.42 Å². The van der Waals surface area contributed by atoms with Crippen molar-refractivity contribution in [3.8, 4) is 5.75 Å². The number of ether oxygens (including phenoxy) is 1. The summed E-state index contributed by atoms with van der Waals surface area (Å²) in [6.07, 6.45) is 6.18. The molecule has 2 heteroatoms. The maximum atomic E-state index is 5.92. The van der Waals surface area contributed by atoms with Gasteiger partial charge in [-0.2, -0.15) is 0 Å². The number of hydrogen-bond donors (Lipinski definition) is 1. The molecule has 0 aromatic heterocycles. The Morgan fingerprint density at radius 3 is 2.54 bits per heavy atom. The van der Waals surface area contributed by atoms with E-state index in [4.69, 9.17) is 4.74 Å². The minimum Gasteiger partial charge on any atom is -0.494 e. The zero-order chi connectivity index (χ0) is 18.2. The molecular weight excluding hydrogens is 318 g/mol. The highest BCUT2D eigenvalue weighted by Crippen LogP contribution is 2.30. The van der Waals surface area contributed by atoms with E-state index in [2.05, 4.69) is 72.9 Å². The Morgan fingerprint density at radius 1 is 0.846 bits per heavy atom. The van der Waals surface area contributed by atoms with Crippen molar-refractivity contribution in [3.63, 3.8) is 0 Å². The number of hydrogen-bond acceptors (Lipinski definition) is 2. The maximum Gasteiger partial charge on any atom is 0.124 e. The quantitative estimate of drug-likeness (QED) is 0.417. The summed E-state index contributed by atoms with van der Waals surface area (Å²) in [5, 5.41) is 6.05. The van der Waals surface area contributed by atoms with Crippen molar-refractivity contribution in [3.05, 3.63) is 66.2 Å². The van der Waals surface area contributed by atoms with Crippen LogP contribution in [0, 0.1) is 0 Å². The molecule has 3 rings (SSSR count). The lowest BCUT2D eigenvalue weighted by Crippen LogP contribution is -1.99. The summed E-state index contributed by atoms with van der Waals surface area (Å²) in [6, 6.07) is 21.3. The lowest BCUT2D eigenvalue weighted by atomic mass is 10.0. The van der Waals surface area contributed by atoms with Crippen LogP contribution >= 0.6 is 0 Å². The summed E-state index contributed by atoms with van der Waals surface area (Å²) >= 11 is 0. The van der Waals surface area contributed by atoms with Crippen LogP contribution < -0.4 is 10.1 Å². The molecule has 1 N–H and O–H groups in total. The van der Waals surface area contributed by atoms with Crippen LogP contribution in [0.2, 0.25) is 0 Å². The fraction of sp³-hybridized carbons (Fsp3) is 0.333. The molecule has 0 aliphatic heterocycles. The summed E-state index contributed by atoms with van der Waals surface area (Å²) < 4.78 is 5.92. The largest absolute Gasteiger partial charge is 0.494 e. The summed E-state index contributed by atoms with van der Waals surface area (Å²) in [5.74, 6) is 1.01. The van der Waals surface area contributed by atoms with Crippen molar-refractivity contribution in [2.24, 2.45) is 0 Å². The van der Waals surface area contributed by atoms with Gasteiger partial charge in [-0.05, 0) is 42.8 Å². The van der Waals surface area contributed by atoms with E-state index < -0.39 is 0 Å². The van der Waals surface area contributed by atoms with Gasteiger partial charge in [0.1, 0.15) is 5.75 Å². The van der Waals surface area contributed by atoms with Gasteiger partial charge in [-0.3, -0.25) is 0 Å². The molecule has 0 radical (unpaired) electrons. The Kier molecular flexibility index (Phi) is 6.54. The van der Waals surface area contributed by atoms with Crippen LogP contribution in [0.4, 0.5) is 11.4 Å². The highest BCUT2D eigenvalue weighted by Gasteiger charge is 2.07. The predicted molar refractivity (Wildman–Crippen MR) is 113 cm³/mol. The highest BCUT2D eigenvalue weighted by atomic mass is 16.5. The number of unbranched alkanes of at least 4 members (excludes halogenated alkanes) is 3. The zero-order valence-electron chi connectivity index (χ0n) is 15.9. The molecule has 2 nitrogen and oxygen atoms in total. The van der Waals surface area contributed by atoms with Gasteiger partial charge in [0.15, 0.2) is 0 Å². The minimum atomic E-state index is 0.694. The van der Waals surface area contributed by atoms with Crippen LogP contribution in [0.5, 0.6) is 5.75 Å². The van der Waals surface area contributed by atoms with Crippen molar-refractivity contribution < 1.29 is 4.74 Å². The summed E-state index contributed by atoms with van der Waals surface area (Å²) in [4.78, 5) is 0. The van der Waals surface area contributed by atoms with Crippen molar-refractivity contribution >= 4 is 22.1 Å². The van der Waals surface area contributed by atoms with Crippen molar-refractivity contribution in [2.75, 3.05) is 11.9 Å². The van der Waals surface area contributed by atoms with Gasteiger partial charge in [-0.1, -0.05) is 68.7 Å². The first-order valence-corrected chi connectivity index (χ1v) is 9.82. The molecule has 3 aromatic carbocycles. The molecule has 0 atom stereocenters. The molecule has 136 valence electrons. The Morgan fingerprint density at radius 2 is 1.69 bits per heavy atom. The third-order valence-corrected chi connectivity index (χ3v) is 4.74. The molecule has 0 unspecified atom stereocenters. The van der Waals surface area contributed by atoms with E-state index in [-0.39, 0.29) is 0 Å². The molecule has 0 saturated heterocycles. The van der Waals surface area contributed by atoms with Crippen LogP contribution in [0.15, 0.2) is 60.7 Å². The molecule has 0 bridgehead atoms. The van der Waals surface area contributed by atoms with Gasteiger partial charge in [0, 0.05) is 22.8 Å². The fourth-order valence-electron chi connectivity index (χ4n) is 3.36. The lowest BCUT2D eigenvalue weighted by molar-refractivity contribution is 0.336. The van der Waals surface area contributed by atoms with Gasteiger partial charge < -0.3 is 10.1 Å². The maximum absolute atomic E-state index is 5.92. The van der Waals surface area contributed by atoms with Crippen molar-refractivity contribution in [1.29, 1.82) is 0 Å². The lowest BCUT2D eigenvalue weighted by Gasteiger charge is -2.14.